The van der Waals surface area contributed by atoms with Gasteiger partial charge in [0.05, 0.1) is 12.8 Å². The van der Waals surface area contributed by atoms with Crippen molar-refractivity contribution in [3.8, 4) is 17.0 Å². The van der Waals surface area contributed by atoms with Gasteiger partial charge in [-0.3, -0.25) is 4.68 Å². The van der Waals surface area contributed by atoms with Crippen LogP contribution in [0.25, 0.3) is 11.3 Å². The minimum atomic E-state index is 0.635. The fourth-order valence-corrected chi connectivity index (χ4v) is 2.99. The molecule has 0 unspecified atom stereocenters. The number of halogens is 1. The summed E-state index contributed by atoms with van der Waals surface area (Å²) in [5, 5.41) is 4.41. The predicted octanol–water partition coefficient (Wildman–Crippen LogP) is 3.06. The summed E-state index contributed by atoms with van der Waals surface area (Å²) in [5.74, 6) is 1.52. The summed E-state index contributed by atoms with van der Waals surface area (Å²) in [5.41, 5.74) is 9.85. The molecule has 0 aliphatic heterocycles. The highest BCUT2D eigenvalue weighted by Gasteiger charge is 2.16. The van der Waals surface area contributed by atoms with Gasteiger partial charge in [-0.15, -0.1) is 0 Å². The summed E-state index contributed by atoms with van der Waals surface area (Å²) in [6.07, 6.45) is 0. The molecule has 0 amide bonds. The number of aryl methyl sites for hydroxylation is 2. The molecule has 0 bridgehead atoms. The summed E-state index contributed by atoms with van der Waals surface area (Å²) >= 11 is 3.59. The van der Waals surface area contributed by atoms with E-state index in [0.717, 1.165) is 32.6 Å². The van der Waals surface area contributed by atoms with Crippen LogP contribution in [0.5, 0.6) is 5.75 Å². The summed E-state index contributed by atoms with van der Waals surface area (Å²) in [6.45, 7) is 4.05. The van der Waals surface area contributed by atoms with Gasteiger partial charge in [-0.1, -0.05) is 15.9 Å². The molecule has 2 aromatic rings. The van der Waals surface area contributed by atoms with Crippen molar-refractivity contribution in [2.75, 3.05) is 12.8 Å². The first-order valence-electron chi connectivity index (χ1n) is 5.59. The van der Waals surface area contributed by atoms with E-state index in [-0.39, 0.29) is 0 Å². The molecule has 0 saturated carbocycles. The van der Waals surface area contributed by atoms with E-state index in [1.165, 1.54) is 0 Å². The Labute approximate surface area is 115 Å². The van der Waals surface area contributed by atoms with Gasteiger partial charge in [-0.25, -0.2) is 0 Å². The Morgan fingerprint density at radius 3 is 2.50 bits per heavy atom. The third-order valence-corrected chi connectivity index (χ3v) is 3.66. The quantitative estimate of drug-likeness (QED) is 0.927. The zero-order valence-corrected chi connectivity index (χ0v) is 12.5. The SMILES string of the molecule is COc1c(C)cc(Br)c(-c2cc(N)n(C)n2)c1C. The number of methoxy groups -OCH3 is 1. The molecule has 96 valence electrons. The zero-order valence-electron chi connectivity index (χ0n) is 10.9. The first-order valence-corrected chi connectivity index (χ1v) is 6.38. The molecular formula is C13H16BrN3O. The lowest BCUT2D eigenvalue weighted by molar-refractivity contribution is 0.408. The van der Waals surface area contributed by atoms with Crippen molar-refractivity contribution in [2.24, 2.45) is 7.05 Å². The lowest BCUT2D eigenvalue weighted by atomic mass is 10.0. The van der Waals surface area contributed by atoms with E-state index in [4.69, 9.17) is 10.5 Å². The topological polar surface area (TPSA) is 53.1 Å². The molecule has 18 heavy (non-hydrogen) atoms. The highest BCUT2D eigenvalue weighted by Crippen LogP contribution is 2.38. The van der Waals surface area contributed by atoms with Gasteiger partial charge >= 0.3 is 0 Å². The lowest BCUT2D eigenvalue weighted by Gasteiger charge is -2.13. The third-order valence-electron chi connectivity index (χ3n) is 3.03. The van der Waals surface area contributed by atoms with Gasteiger partial charge in [0.25, 0.3) is 0 Å². The largest absolute Gasteiger partial charge is 0.496 e. The van der Waals surface area contributed by atoms with Crippen molar-refractivity contribution in [3.05, 3.63) is 27.7 Å². The van der Waals surface area contributed by atoms with Crippen molar-refractivity contribution in [3.63, 3.8) is 0 Å². The molecule has 2 rings (SSSR count). The maximum absolute atomic E-state index is 5.83. The second kappa shape index (κ2) is 4.65. The molecule has 0 aliphatic carbocycles. The Bertz CT molecular complexity index is 585. The van der Waals surface area contributed by atoms with Crippen LogP contribution in [0.3, 0.4) is 0 Å². The van der Waals surface area contributed by atoms with Gasteiger partial charge in [-0.2, -0.15) is 5.10 Å². The number of rotatable bonds is 2. The molecule has 0 fully saturated rings. The molecule has 2 N–H and O–H groups in total. The zero-order chi connectivity index (χ0) is 13.4. The Morgan fingerprint density at radius 2 is 2.00 bits per heavy atom. The molecule has 0 aliphatic rings. The van der Waals surface area contributed by atoms with Crippen LogP contribution in [0.4, 0.5) is 5.82 Å². The number of nitrogens with two attached hydrogens (primary N) is 1. The molecule has 5 heteroatoms. The number of hydrogen-bond donors (Lipinski definition) is 1. The number of aromatic nitrogens is 2. The first-order chi connectivity index (χ1) is 8.45. The second-order valence-electron chi connectivity index (χ2n) is 4.29. The number of benzene rings is 1. The fraction of sp³-hybridized carbons (Fsp3) is 0.308. The fourth-order valence-electron chi connectivity index (χ4n) is 2.15. The standard InChI is InChI=1S/C13H16BrN3O/c1-7-5-9(14)12(8(2)13(7)18-4)10-6-11(15)17(3)16-10/h5-6H,15H2,1-4H3. The molecule has 0 spiro atoms. The van der Waals surface area contributed by atoms with Crippen LogP contribution >= 0.6 is 15.9 Å². The second-order valence-corrected chi connectivity index (χ2v) is 5.14. The highest BCUT2D eigenvalue weighted by molar-refractivity contribution is 9.10. The van der Waals surface area contributed by atoms with Gasteiger partial charge in [0.2, 0.25) is 0 Å². The van der Waals surface area contributed by atoms with Gasteiger partial charge in [-0.05, 0) is 25.5 Å². The predicted molar refractivity (Wildman–Crippen MR) is 76.8 cm³/mol. The minimum Gasteiger partial charge on any atom is -0.496 e. The first kappa shape index (κ1) is 13.0. The van der Waals surface area contributed by atoms with Crippen LogP contribution in [-0.4, -0.2) is 16.9 Å². The number of nitrogen functional groups attached to an aromatic ring is 1. The maximum atomic E-state index is 5.83. The van der Waals surface area contributed by atoms with Crippen molar-refractivity contribution in [2.45, 2.75) is 13.8 Å². The van der Waals surface area contributed by atoms with Crippen LogP contribution in [0, 0.1) is 13.8 Å². The monoisotopic (exact) mass is 309 g/mol. The van der Waals surface area contributed by atoms with E-state index in [1.807, 2.05) is 33.0 Å². The molecule has 1 aromatic carbocycles. The summed E-state index contributed by atoms with van der Waals surface area (Å²) in [7, 11) is 3.51. The highest BCUT2D eigenvalue weighted by atomic mass is 79.9. The maximum Gasteiger partial charge on any atom is 0.125 e. The molecular weight excluding hydrogens is 294 g/mol. The number of hydrogen-bond acceptors (Lipinski definition) is 3. The molecule has 0 saturated heterocycles. The average Bonchev–Trinajstić information content (AvgIpc) is 2.58. The van der Waals surface area contributed by atoms with E-state index >= 15 is 0 Å². The molecule has 4 nitrogen and oxygen atoms in total. The summed E-state index contributed by atoms with van der Waals surface area (Å²) < 4.78 is 8.10. The van der Waals surface area contributed by atoms with E-state index < -0.39 is 0 Å². The Kier molecular flexibility index (Phi) is 3.34. The van der Waals surface area contributed by atoms with Crippen LogP contribution in [-0.2, 0) is 7.05 Å². The smallest absolute Gasteiger partial charge is 0.125 e. The molecule has 1 heterocycles. The normalized spacial score (nSPS) is 10.7. The lowest BCUT2D eigenvalue weighted by Crippen LogP contribution is -1.98. The van der Waals surface area contributed by atoms with E-state index in [0.29, 0.717) is 5.82 Å². The Hall–Kier alpha value is -1.49. The summed E-state index contributed by atoms with van der Waals surface area (Å²) in [6, 6.07) is 3.90. The third kappa shape index (κ3) is 1.99. The van der Waals surface area contributed by atoms with Gasteiger partial charge < -0.3 is 10.5 Å². The van der Waals surface area contributed by atoms with Crippen molar-refractivity contribution in [1.82, 2.24) is 9.78 Å². The number of anilines is 1. The van der Waals surface area contributed by atoms with Crippen molar-refractivity contribution >= 4 is 21.7 Å². The summed E-state index contributed by atoms with van der Waals surface area (Å²) in [4.78, 5) is 0. The van der Waals surface area contributed by atoms with Crippen molar-refractivity contribution in [1.29, 1.82) is 0 Å². The number of nitrogens with zero attached hydrogens (tertiary/aromatic N) is 2. The van der Waals surface area contributed by atoms with E-state index in [1.54, 1.807) is 11.8 Å². The van der Waals surface area contributed by atoms with Crippen LogP contribution in [0.15, 0.2) is 16.6 Å². The van der Waals surface area contributed by atoms with Crippen LogP contribution in [0.1, 0.15) is 11.1 Å². The Balaban J connectivity index is 2.71. The van der Waals surface area contributed by atoms with Gasteiger partial charge in [0, 0.05) is 28.7 Å². The molecule has 1 aromatic heterocycles. The van der Waals surface area contributed by atoms with Crippen LogP contribution < -0.4 is 10.5 Å². The van der Waals surface area contributed by atoms with E-state index in [9.17, 15) is 0 Å². The van der Waals surface area contributed by atoms with Gasteiger partial charge in [0.1, 0.15) is 11.6 Å². The molecule has 0 radical (unpaired) electrons. The van der Waals surface area contributed by atoms with Gasteiger partial charge in [0.15, 0.2) is 0 Å². The van der Waals surface area contributed by atoms with Crippen LogP contribution in [0.2, 0.25) is 0 Å². The van der Waals surface area contributed by atoms with Crippen molar-refractivity contribution < 1.29 is 4.74 Å². The average molecular weight is 310 g/mol. The van der Waals surface area contributed by atoms with E-state index in [2.05, 4.69) is 21.0 Å². The Morgan fingerprint density at radius 1 is 1.33 bits per heavy atom. The molecule has 0 atom stereocenters. The minimum absolute atomic E-state index is 0.635. The number of ether oxygens (including phenoxy) is 1.